The molecule has 3 rings (SSSR count). The number of ether oxygens (including phenoxy) is 2. The van der Waals surface area contributed by atoms with Crippen molar-refractivity contribution in [2.45, 2.75) is 41.6 Å². The van der Waals surface area contributed by atoms with Gasteiger partial charge in [0.05, 0.1) is 24.1 Å². The molecule has 4 atom stereocenters. The van der Waals surface area contributed by atoms with Gasteiger partial charge in [-0.05, 0) is 35.4 Å². The second-order valence-corrected chi connectivity index (χ2v) is 10.8. The van der Waals surface area contributed by atoms with Crippen molar-refractivity contribution >= 4 is 45.8 Å². The van der Waals surface area contributed by atoms with Crippen LogP contribution in [-0.2, 0) is 5.41 Å². The predicted octanol–water partition coefficient (Wildman–Crippen LogP) is 4.19. The van der Waals surface area contributed by atoms with E-state index in [9.17, 15) is 15.3 Å². The fraction of sp³-hybridized carbons (Fsp3) is 0.500. The average Bonchev–Trinajstić information content (AvgIpc) is 3.20. The van der Waals surface area contributed by atoms with Crippen LogP contribution in [0.15, 0.2) is 52.8 Å². The number of aliphatic hydroxyl groups is 3. The molecular weight excluding hydrogens is 608 g/mol. The Hall–Kier alpha value is -1.37. The third-order valence-corrected chi connectivity index (χ3v) is 7.91. The van der Waals surface area contributed by atoms with E-state index in [0.717, 1.165) is 11.1 Å². The molecule has 1 aliphatic heterocycles. The zero-order valence-corrected chi connectivity index (χ0v) is 23.2. The molecule has 0 saturated heterocycles. The maximum atomic E-state index is 10.3. The van der Waals surface area contributed by atoms with Crippen LogP contribution in [0.25, 0.3) is 0 Å². The highest BCUT2D eigenvalue weighted by Gasteiger charge is 2.31. The van der Waals surface area contributed by atoms with Gasteiger partial charge in [-0.2, -0.15) is 5.11 Å². The summed E-state index contributed by atoms with van der Waals surface area (Å²) in [6.45, 7) is 4.57. The first-order valence-electron chi connectivity index (χ1n) is 11.2. The Morgan fingerprint density at radius 3 is 2.31 bits per heavy atom. The standard InChI is InChI=1S/C24H30Cl2IN3O5/c1-24(2,16-5-8-22(20(26)9-16)35-13-17(32)10-25)15-3-6-19(7-4-15)34-14-18(33)11-30-23(27)21(12-31)28-29-30/h3-9,17-18,21,23,31-33H,10-14H2,1-2H3. The number of aliphatic hydroxyl groups excluding tert-OH is 3. The molecule has 0 radical (unpaired) electrons. The van der Waals surface area contributed by atoms with E-state index in [-0.39, 0.29) is 47.8 Å². The number of hydrogen-bond donors (Lipinski definition) is 3. The highest BCUT2D eigenvalue weighted by Crippen LogP contribution is 2.36. The summed E-state index contributed by atoms with van der Waals surface area (Å²) in [6.07, 6.45) is -1.51. The lowest BCUT2D eigenvalue weighted by Crippen LogP contribution is -2.38. The van der Waals surface area contributed by atoms with Gasteiger partial charge < -0.3 is 24.8 Å². The molecule has 0 saturated carbocycles. The van der Waals surface area contributed by atoms with Crippen LogP contribution in [0.4, 0.5) is 0 Å². The lowest BCUT2D eigenvalue weighted by atomic mass is 9.78. The number of halogens is 3. The molecule has 192 valence electrons. The number of benzene rings is 2. The zero-order valence-electron chi connectivity index (χ0n) is 19.5. The quantitative estimate of drug-likeness (QED) is 0.183. The summed E-state index contributed by atoms with van der Waals surface area (Å²) in [5.74, 6) is 1.23. The molecule has 1 heterocycles. The second kappa shape index (κ2) is 12.7. The van der Waals surface area contributed by atoms with Gasteiger partial charge in [-0.3, -0.25) is 5.01 Å². The van der Waals surface area contributed by atoms with E-state index in [0.29, 0.717) is 16.5 Å². The van der Waals surface area contributed by atoms with Crippen LogP contribution in [0.1, 0.15) is 25.0 Å². The summed E-state index contributed by atoms with van der Waals surface area (Å²) >= 11 is 14.2. The second-order valence-electron chi connectivity index (χ2n) is 8.83. The van der Waals surface area contributed by atoms with Gasteiger partial charge in [0, 0.05) is 5.41 Å². The SMILES string of the molecule is CC(C)(c1ccc(OCC(O)CN2N=NC(CO)C2I)cc1)c1ccc(OCC(O)CCl)c(Cl)c1. The van der Waals surface area contributed by atoms with Crippen molar-refractivity contribution in [2.75, 3.05) is 32.2 Å². The molecule has 11 heteroatoms. The Bertz CT molecular complexity index is 996. The Kier molecular flexibility index (Phi) is 10.3. The lowest BCUT2D eigenvalue weighted by molar-refractivity contribution is 0.0686. The molecule has 2 aromatic carbocycles. The number of alkyl halides is 2. The molecule has 0 aliphatic carbocycles. The van der Waals surface area contributed by atoms with Gasteiger partial charge in [-0.1, -0.05) is 71.5 Å². The summed E-state index contributed by atoms with van der Waals surface area (Å²) < 4.78 is 11.2. The first-order chi connectivity index (χ1) is 16.6. The summed E-state index contributed by atoms with van der Waals surface area (Å²) in [4.78, 5) is 0. The smallest absolute Gasteiger partial charge is 0.138 e. The number of nitrogens with zero attached hydrogens (tertiary/aromatic N) is 3. The molecule has 4 unspecified atom stereocenters. The van der Waals surface area contributed by atoms with Gasteiger partial charge in [-0.15, -0.1) is 11.6 Å². The predicted molar refractivity (Wildman–Crippen MR) is 144 cm³/mol. The number of rotatable bonds is 12. The van der Waals surface area contributed by atoms with E-state index in [1.54, 1.807) is 11.1 Å². The van der Waals surface area contributed by atoms with Crippen LogP contribution in [0, 0.1) is 0 Å². The van der Waals surface area contributed by atoms with Crippen molar-refractivity contribution in [1.29, 1.82) is 0 Å². The topological polar surface area (TPSA) is 107 Å². The van der Waals surface area contributed by atoms with Gasteiger partial charge in [0.15, 0.2) is 0 Å². The molecule has 3 N–H and O–H groups in total. The van der Waals surface area contributed by atoms with Gasteiger partial charge in [0.2, 0.25) is 0 Å². The molecule has 1 aliphatic rings. The van der Waals surface area contributed by atoms with E-state index in [1.165, 1.54) is 0 Å². The van der Waals surface area contributed by atoms with Crippen LogP contribution in [-0.4, -0.2) is 74.9 Å². The van der Waals surface area contributed by atoms with Crippen molar-refractivity contribution in [2.24, 2.45) is 10.3 Å². The largest absolute Gasteiger partial charge is 0.491 e. The summed E-state index contributed by atoms with van der Waals surface area (Å²) in [6, 6.07) is 13.0. The molecular formula is C24H30Cl2IN3O5. The zero-order chi connectivity index (χ0) is 25.6. The van der Waals surface area contributed by atoms with Crippen LogP contribution in [0.3, 0.4) is 0 Å². The molecule has 0 bridgehead atoms. The molecule has 2 aromatic rings. The number of hydrogen-bond acceptors (Lipinski definition) is 8. The molecule has 8 nitrogen and oxygen atoms in total. The van der Waals surface area contributed by atoms with E-state index in [1.807, 2.05) is 36.4 Å². The Morgan fingerprint density at radius 1 is 1.06 bits per heavy atom. The summed E-state index contributed by atoms with van der Waals surface area (Å²) in [5, 5.41) is 39.3. The normalized spacial score (nSPS) is 19.6. The first kappa shape index (κ1) is 28.2. The van der Waals surface area contributed by atoms with Crippen molar-refractivity contribution < 1.29 is 24.8 Å². The molecule has 35 heavy (non-hydrogen) atoms. The van der Waals surface area contributed by atoms with Crippen molar-refractivity contribution in [3.63, 3.8) is 0 Å². The van der Waals surface area contributed by atoms with Gasteiger partial charge >= 0.3 is 0 Å². The van der Waals surface area contributed by atoms with Gasteiger partial charge in [0.25, 0.3) is 0 Å². The lowest BCUT2D eigenvalue weighted by Gasteiger charge is -2.27. The van der Waals surface area contributed by atoms with Crippen molar-refractivity contribution in [3.05, 3.63) is 58.6 Å². The fourth-order valence-electron chi connectivity index (χ4n) is 3.53. The fourth-order valence-corrected chi connectivity index (χ4v) is 4.56. The summed E-state index contributed by atoms with van der Waals surface area (Å²) in [7, 11) is 0. The van der Waals surface area contributed by atoms with Gasteiger partial charge in [-0.25, -0.2) is 0 Å². The minimum atomic E-state index is -0.756. The molecule has 0 aromatic heterocycles. The maximum Gasteiger partial charge on any atom is 0.138 e. The minimum Gasteiger partial charge on any atom is -0.491 e. The first-order valence-corrected chi connectivity index (χ1v) is 13.3. The third kappa shape index (κ3) is 7.33. The monoisotopic (exact) mass is 637 g/mol. The highest BCUT2D eigenvalue weighted by atomic mass is 127. The molecule has 0 amide bonds. The van der Waals surface area contributed by atoms with Crippen molar-refractivity contribution in [1.82, 2.24) is 5.01 Å². The van der Waals surface area contributed by atoms with Crippen LogP contribution >= 0.6 is 45.8 Å². The summed E-state index contributed by atoms with van der Waals surface area (Å²) in [5.41, 5.74) is 1.73. The molecule has 0 fully saturated rings. The van der Waals surface area contributed by atoms with E-state index < -0.39 is 12.2 Å². The average molecular weight is 638 g/mol. The van der Waals surface area contributed by atoms with Crippen LogP contribution in [0.2, 0.25) is 5.02 Å². The highest BCUT2D eigenvalue weighted by molar-refractivity contribution is 14.1. The maximum absolute atomic E-state index is 10.3. The van der Waals surface area contributed by atoms with E-state index >= 15 is 0 Å². The molecule has 0 spiro atoms. The Balaban J connectivity index is 1.57. The third-order valence-electron chi connectivity index (χ3n) is 5.78. The van der Waals surface area contributed by atoms with Gasteiger partial charge in [0.1, 0.15) is 47.0 Å². The van der Waals surface area contributed by atoms with Crippen LogP contribution in [0.5, 0.6) is 11.5 Å². The minimum absolute atomic E-state index is 0.0755. The van der Waals surface area contributed by atoms with E-state index in [2.05, 4.69) is 46.8 Å². The van der Waals surface area contributed by atoms with Crippen molar-refractivity contribution in [3.8, 4) is 11.5 Å². The van der Waals surface area contributed by atoms with E-state index in [4.69, 9.17) is 32.7 Å². The Morgan fingerprint density at radius 2 is 1.71 bits per heavy atom. The Labute approximate surface area is 229 Å². The number of β-amino-alcohol motifs (C(OH)–C–C–N with tert-alkyl or cyclic N) is 1. The van der Waals surface area contributed by atoms with Crippen LogP contribution < -0.4 is 9.47 Å².